The molecule has 0 aromatic heterocycles. The van der Waals surface area contributed by atoms with Gasteiger partial charge in [0.2, 0.25) is 0 Å². The minimum atomic E-state index is -0.0361. The van der Waals surface area contributed by atoms with Gasteiger partial charge in [-0.1, -0.05) is 11.6 Å². The Morgan fingerprint density at radius 1 is 1.00 bits per heavy atom. The van der Waals surface area contributed by atoms with E-state index >= 15 is 0 Å². The van der Waals surface area contributed by atoms with Crippen molar-refractivity contribution in [3.05, 3.63) is 33.9 Å². The standard InChI is InChI=1S/C16H20O3/c1-10(6-5-9-17)7-8-14-13(4)15(18)11(2)12(3)16(14)19/h7,9H,5-6,8H2,1-4H3/b10-7+. The molecule has 3 heteroatoms. The molecule has 19 heavy (non-hydrogen) atoms. The van der Waals surface area contributed by atoms with Crippen molar-refractivity contribution in [2.24, 2.45) is 0 Å². The summed E-state index contributed by atoms with van der Waals surface area (Å²) in [6.07, 6.45) is 4.47. The molecule has 0 bridgehead atoms. The molecular formula is C16H20O3. The van der Waals surface area contributed by atoms with E-state index < -0.39 is 0 Å². The first-order chi connectivity index (χ1) is 8.90. The van der Waals surface area contributed by atoms with Crippen molar-refractivity contribution in [3.63, 3.8) is 0 Å². The van der Waals surface area contributed by atoms with Crippen LogP contribution in [-0.4, -0.2) is 17.9 Å². The molecule has 0 atom stereocenters. The van der Waals surface area contributed by atoms with E-state index in [1.54, 1.807) is 20.8 Å². The second-order valence-corrected chi connectivity index (χ2v) is 4.97. The van der Waals surface area contributed by atoms with Crippen molar-refractivity contribution in [2.45, 2.75) is 47.0 Å². The maximum Gasteiger partial charge on any atom is 0.185 e. The number of rotatable bonds is 5. The van der Waals surface area contributed by atoms with E-state index in [2.05, 4.69) is 0 Å². The molecule has 0 spiro atoms. The molecule has 0 unspecified atom stereocenters. The first kappa shape index (κ1) is 15.3. The molecule has 0 N–H and O–H groups in total. The van der Waals surface area contributed by atoms with Crippen LogP contribution >= 0.6 is 0 Å². The largest absolute Gasteiger partial charge is 0.303 e. The van der Waals surface area contributed by atoms with E-state index in [9.17, 15) is 14.4 Å². The molecule has 0 aromatic rings. The van der Waals surface area contributed by atoms with E-state index in [0.717, 1.165) is 11.9 Å². The SMILES string of the molecule is CC1=C(C)C(=O)C(C/C=C(\C)CCC=O)=C(C)C1=O. The van der Waals surface area contributed by atoms with Crippen LogP contribution in [0.25, 0.3) is 0 Å². The molecule has 1 aliphatic rings. The quantitative estimate of drug-likeness (QED) is 0.433. The smallest absolute Gasteiger partial charge is 0.185 e. The molecule has 0 saturated heterocycles. The number of allylic oxidation sites excluding steroid dienone is 6. The number of ketones is 2. The first-order valence-corrected chi connectivity index (χ1v) is 6.46. The second-order valence-electron chi connectivity index (χ2n) is 4.97. The fourth-order valence-corrected chi connectivity index (χ4v) is 2.07. The van der Waals surface area contributed by atoms with Gasteiger partial charge in [-0.05, 0) is 40.5 Å². The van der Waals surface area contributed by atoms with Gasteiger partial charge in [0, 0.05) is 28.7 Å². The van der Waals surface area contributed by atoms with Crippen LogP contribution < -0.4 is 0 Å². The maximum absolute atomic E-state index is 12.2. The summed E-state index contributed by atoms with van der Waals surface area (Å²) in [6.45, 7) is 7.04. The van der Waals surface area contributed by atoms with Crippen LogP contribution in [-0.2, 0) is 14.4 Å². The van der Waals surface area contributed by atoms with Crippen LogP contribution in [0.2, 0.25) is 0 Å². The molecular weight excluding hydrogens is 240 g/mol. The van der Waals surface area contributed by atoms with Crippen molar-refractivity contribution in [1.82, 2.24) is 0 Å². The first-order valence-electron chi connectivity index (χ1n) is 6.46. The summed E-state index contributed by atoms with van der Waals surface area (Å²) in [7, 11) is 0. The van der Waals surface area contributed by atoms with Crippen molar-refractivity contribution in [2.75, 3.05) is 0 Å². The number of carbonyl (C=O) groups excluding carboxylic acids is 3. The predicted molar refractivity (Wildman–Crippen MR) is 74.8 cm³/mol. The van der Waals surface area contributed by atoms with Crippen LogP contribution in [0.5, 0.6) is 0 Å². The van der Waals surface area contributed by atoms with Gasteiger partial charge in [0.25, 0.3) is 0 Å². The molecule has 0 saturated carbocycles. The van der Waals surface area contributed by atoms with E-state index in [1.165, 1.54) is 0 Å². The third kappa shape index (κ3) is 3.37. The van der Waals surface area contributed by atoms with E-state index in [0.29, 0.717) is 41.6 Å². The predicted octanol–water partition coefficient (Wildman–Crippen LogP) is 3.11. The molecule has 1 rings (SSSR count). The van der Waals surface area contributed by atoms with E-state index in [4.69, 9.17) is 0 Å². The van der Waals surface area contributed by atoms with Crippen molar-refractivity contribution in [3.8, 4) is 0 Å². The normalized spacial score (nSPS) is 17.4. The van der Waals surface area contributed by atoms with Crippen LogP contribution in [0, 0.1) is 0 Å². The summed E-state index contributed by atoms with van der Waals surface area (Å²) in [5.41, 5.74) is 3.29. The van der Waals surface area contributed by atoms with Crippen molar-refractivity contribution in [1.29, 1.82) is 0 Å². The number of hydrogen-bond donors (Lipinski definition) is 0. The van der Waals surface area contributed by atoms with Gasteiger partial charge in [0.1, 0.15) is 6.29 Å². The van der Waals surface area contributed by atoms with Crippen molar-refractivity contribution >= 4 is 17.9 Å². The molecule has 0 aliphatic heterocycles. The zero-order chi connectivity index (χ0) is 14.6. The summed E-state index contributed by atoms with van der Waals surface area (Å²) >= 11 is 0. The molecule has 0 amide bonds. The number of carbonyl (C=O) groups is 3. The summed E-state index contributed by atoms with van der Waals surface area (Å²) in [4.78, 5) is 34.4. The molecule has 0 heterocycles. The van der Waals surface area contributed by atoms with Crippen LogP contribution in [0.1, 0.15) is 47.0 Å². The van der Waals surface area contributed by atoms with Gasteiger partial charge in [-0.3, -0.25) is 9.59 Å². The maximum atomic E-state index is 12.2. The topological polar surface area (TPSA) is 51.2 Å². The fourth-order valence-electron chi connectivity index (χ4n) is 2.07. The average Bonchev–Trinajstić information content (AvgIpc) is 2.40. The van der Waals surface area contributed by atoms with Crippen LogP contribution in [0.4, 0.5) is 0 Å². The minimum Gasteiger partial charge on any atom is -0.303 e. The zero-order valence-electron chi connectivity index (χ0n) is 12.0. The van der Waals surface area contributed by atoms with Gasteiger partial charge in [0.15, 0.2) is 11.6 Å². The lowest BCUT2D eigenvalue weighted by Gasteiger charge is -2.17. The third-order valence-corrected chi connectivity index (χ3v) is 3.62. The highest BCUT2D eigenvalue weighted by atomic mass is 16.1. The Labute approximate surface area is 114 Å². The molecule has 3 nitrogen and oxygen atoms in total. The third-order valence-electron chi connectivity index (χ3n) is 3.62. The summed E-state index contributed by atoms with van der Waals surface area (Å²) in [6, 6.07) is 0. The minimum absolute atomic E-state index is 0.0333. The van der Waals surface area contributed by atoms with E-state index in [1.807, 2.05) is 13.0 Å². The lowest BCUT2D eigenvalue weighted by molar-refractivity contribution is -0.116. The Kier molecular flexibility index (Phi) is 5.16. The second kappa shape index (κ2) is 6.41. The fraction of sp³-hybridized carbons (Fsp3) is 0.438. The summed E-state index contributed by atoms with van der Waals surface area (Å²) in [5, 5.41) is 0. The summed E-state index contributed by atoms with van der Waals surface area (Å²) < 4.78 is 0. The Morgan fingerprint density at radius 3 is 2.16 bits per heavy atom. The molecule has 102 valence electrons. The van der Waals surface area contributed by atoms with Gasteiger partial charge in [-0.2, -0.15) is 0 Å². The van der Waals surface area contributed by atoms with Gasteiger partial charge in [-0.15, -0.1) is 0 Å². The molecule has 0 radical (unpaired) electrons. The Hall–Kier alpha value is -1.77. The monoisotopic (exact) mass is 260 g/mol. The molecule has 0 fully saturated rings. The highest BCUT2D eigenvalue weighted by molar-refractivity contribution is 6.24. The molecule has 0 aromatic carbocycles. The highest BCUT2D eigenvalue weighted by Crippen LogP contribution is 2.26. The van der Waals surface area contributed by atoms with Crippen LogP contribution in [0.3, 0.4) is 0 Å². The van der Waals surface area contributed by atoms with Gasteiger partial charge in [-0.25, -0.2) is 0 Å². The lowest BCUT2D eigenvalue weighted by Crippen LogP contribution is -2.20. The lowest BCUT2D eigenvalue weighted by atomic mass is 9.84. The zero-order valence-corrected chi connectivity index (χ0v) is 12.0. The van der Waals surface area contributed by atoms with Crippen molar-refractivity contribution < 1.29 is 14.4 Å². The number of hydrogen-bond acceptors (Lipinski definition) is 3. The Balaban J connectivity index is 2.92. The van der Waals surface area contributed by atoms with Gasteiger partial charge < -0.3 is 4.79 Å². The van der Waals surface area contributed by atoms with Gasteiger partial charge in [0.05, 0.1) is 0 Å². The Morgan fingerprint density at radius 2 is 1.58 bits per heavy atom. The van der Waals surface area contributed by atoms with E-state index in [-0.39, 0.29) is 11.6 Å². The highest BCUT2D eigenvalue weighted by Gasteiger charge is 2.26. The Bertz CT molecular complexity index is 516. The van der Waals surface area contributed by atoms with Gasteiger partial charge >= 0.3 is 0 Å². The number of aldehydes is 1. The molecule has 1 aliphatic carbocycles. The average molecular weight is 260 g/mol. The summed E-state index contributed by atoms with van der Waals surface area (Å²) in [5.74, 6) is -0.0694. The number of Topliss-reactive ketones (excluding diaryl/α,β-unsaturated/α-hetero) is 2. The van der Waals surface area contributed by atoms with Crippen LogP contribution in [0.15, 0.2) is 33.9 Å².